The van der Waals surface area contributed by atoms with Crippen LogP contribution in [0.25, 0.3) is 89.7 Å². The van der Waals surface area contributed by atoms with E-state index in [0.29, 0.717) is 135 Å². The number of benzene rings is 12. The molecule has 0 fully saturated rings. The van der Waals surface area contributed by atoms with E-state index in [2.05, 4.69) is 52.5 Å². The second-order valence-electron chi connectivity index (χ2n) is 27.4. The van der Waals surface area contributed by atoms with Crippen LogP contribution in [0, 0.1) is 0 Å². The van der Waals surface area contributed by atoms with Gasteiger partial charge in [0.25, 0.3) is 0 Å². The standard InChI is InChI=1S/C88H58N16O16/c105-81(106)41-1-17-49(18-2-41)89-65-33-57-58(34-66(65)90-50-19-3-42(4-20-50)82(107)108)74-97-73(57)101-75-59-35-67(91-51-21-5-43(6-22-51)83(109)110)68(92-52-23-7-44(8-24-52)84(111)112)36-60(59)77(98-75)103-79-63-39-71(95-55-29-13-47(14-30-55)87(117)118)72(96-56-31-15-48(16-32-56)88(119)120)40-64(63)80(100-79)104-78-62-38-70(94-54-27-11-46(12-28-54)86(115)116)69(37-61(62)76(99-78)102-74)93-53-25-9-45(10-26-53)85(113)114/h1-40,89-96H,(H,105,106)(H,107,108)(H,109,110)(H,111,112)(H,113,114)(H,115,116)(H,117,118)(H,119,120)(H2,97,98,99,100,101,102,103,104). The summed E-state index contributed by atoms with van der Waals surface area (Å²) in [4.78, 5) is 137. The van der Waals surface area contributed by atoms with Crippen molar-refractivity contribution in [2.45, 2.75) is 0 Å². The molecule has 0 saturated carbocycles. The van der Waals surface area contributed by atoms with Gasteiger partial charge in [0.1, 0.15) is 22.6 Å². The van der Waals surface area contributed by atoms with E-state index in [1.165, 1.54) is 97.1 Å². The van der Waals surface area contributed by atoms with Crippen LogP contribution in [0.15, 0.2) is 243 Å². The molecule has 8 bridgehead atoms. The molecule has 0 saturated heterocycles. The first kappa shape index (κ1) is 74.9. The molecule has 0 spiro atoms. The van der Waals surface area contributed by atoms with Crippen LogP contribution >= 0.6 is 0 Å². The summed E-state index contributed by atoms with van der Waals surface area (Å²) in [5.41, 5.74) is 8.54. The fraction of sp³-hybridized carbons (Fsp3) is 0. The van der Waals surface area contributed by atoms with Crippen molar-refractivity contribution in [2.24, 2.45) is 0 Å². The number of hydrogen-bond donors (Lipinski definition) is 18. The number of carbonyl (C=O) groups is 8. The van der Waals surface area contributed by atoms with Crippen molar-refractivity contribution in [3.63, 3.8) is 0 Å². The number of aromatic amines is 2. The number of aromatic carboxylic acids is 8. The largest absolute Gasteiger partial charge is 0.478 e. The first-order valence-corrected chi connectivity index (χ1v) is 36.3. The number of nitrogens with one attached hydrogen (secondary N) is 10. The summed E-state index contributed by atoms with van der Waals surface area (Å²) in [5, 5.41) is 109. The van der Waals surface area contributed by atoms with Crippen molar-refractivity contribution in [1.29, 1.82) is 0 Å². The van der Waals surface area contributed by atoms with Crippen LogP contribution in [0.5, 0.6) is 0 Å². The van der Waals surface area contributed by atoms with Crippen LogP contribution in [0.1, 0.15) is 82.9 Å². The Morgan fingerprint density at radius 3 is 0.458 bits per heavy atom. The Kier molecular flexibility index (Phi) is 19.1. The highest BCUT2D eigenvalue weighted by atomic mass is 16.4. The molecule has 0 atom stereocenters. The van der Waals surface area contributed by atoms with Gasteiger partial charge >= 0.3 is 47.8 Å². The molecule has 2 aliphatic rings. The average molecular weight is 1600 g/mol. The summed E-state index contributed by atoms with van der Waals surface area (Å²) in [6.45, 7) is 0. The van der Waals surface area contributed by atoms with Crippen LogP contribution in [0.2, 0.25) is 0 Å². The lowest BCUT2D eigenvalue weighted by Crippen LogP contribution is -2.01. The minimum absolute atomic E-state index is 0.00800. The predicted octanol–water partition coefficient (Wildman–Crippen LogP) is 18.4. The van der Waals surface area contributed by atoms with Crippen molar-refractivity contribution in [3.8, 4) is 45.6 Å². The quantitative estimate of drug-likeness (QED) is 0.0267. The first-order valence-electron chi connectivity index (χ1n) is 36.3. The maximum Gasteiger partial charge on any atom is 0.335 e. The van der Waals surface area contributed by atoms with Gasteiger partial charge in [0.2, 0.25) is 0 Å². The average Bonchev–Trinajstić information content (AvgIpc) is 1.59. The SMILES string of the molecule is O=C(O)c1ccc(Nc2cc3c(cc2Nc2ccc(C(=O)O)cc2)-c2nc-3nc3[nH]c(nc4nc(nc5[nH]c(n2)c2cc(Nc6ccc(C(=O)O)cc6)c(Nc6ccc(C(=O)O)cc6)cc52)-c2cc(Nc5ccc(C(=O)O)cc5)c(Nc5ccc(C(=O)O)cc5)cc2-4)c2cc(Nc4ccc(C(=O)O)cc4)c(Nc4ccc(C(=O)O)cc4)cc32)cc1. The Balaban J connectivity index is 0.983. The number of anilines is 16. The Bertz CT molecular complexity index is 6180. The van der Waals surface area contributed by atoms with Crippen LogP contribution in [0.3, 0.4) is 0 Å². The van der Waals surface area contributed by atoms with Crippen LogP contribution in [-0.4, -0.2) is 128 Å². The van der Waals surface area contributed by atoms with Crippen molar-refractivity contribution in [1.82, 2.24) is 39.9 Å². The lowest BCUT2D eigenvalue weighted by molar-refractivity contribution is 0.0686. The van der Waals surface area contributed by atoms with Gasteiger partial charge in [-0.3, -0.25) is 0 Å². The number of nitrogens with zero attached hydrogens (tertiary/aromatic N) is 6. The minimum Gasteiger partial charge on any atom is -0.478 e. The van der Waals surface area contributed by atoms with Gasteiger partial charge in [0.15, 0.2) is 23.3 Å². The maximum atomic E-state index is 12.2. The molecule has 0 radical (unpaired) electrons. The topological polar surface area (TPSA) is 504 Å². The molecule has 0 unspecified atom stereocenters. The lowest BCUT2D eigenvalue weighted by Gasteiger charge is -2.17. The highest BCUT2D eigenvalue weighted by molar-refractivity contribution is 6.12. The molecular formula is C88H58N16O16. The molecule has 586 valence electrons. The lowest BCUT2D eigenvalue weighted by atomic mass is 10.0. The molecule has 0 amide bonds. The van der Waals surface area contributed by atoms with E-state index in [-0.39, 0.29) is 90.4 Å². The summed E-state index contributed by atoms with van der Waals surface area (Å²) >= 11 is 0. The second-order valence-corrected chi connectivity index (χ2v) is 27.4. The zero-order chi connectivity index (χ0) is 83.3. The van der Waals surface area contributed by atoms with Crippen molar-refractivity contribution in [2.75, 3.05) is 42.5 Å². The summed E-state index contributed by atoms with van der Waals surface area (Å²) in [7, 11) is 0. The zero-order valence-electron chi connectivity index (χ0n) is 61.6. The predicted molar refractivity (Wildman–Crippen MR) is 450 cm³/mol. The fourth-order valence-electron chi connectivity index (χ4n) is 13.6. The van der Waals surface area contributed by atoms with Gasteiger partial charge < -0.3 is 93.4 Å². The number of H-pyrrole nitrogens is 2. The molecule has 2 aliphatic heterocycles. The highest BCUT2D eigenvalue weighted by Crippen LogP contribution is 2.47. The Labute approximate surface area is 674 Å². The normalized spacial score (nSPS) is 11.2. The summed E-state index contributed by atoms with van der Waals surface area (Å²) in [6.07, 6.45) is 0. The number of carboxylic acid groups (broad SMARTS) is 8. The molecule has 15 aromatic rings. The van der Waals surface area contributed by atoms with Gasteiger partial charge in [-0.25, -0.2) is 68.3 Å². The minimum atomic E-state index is -1.16. The molecule has 32 heteroatoms. The molecule has 5 heterocycles. The second kappa shape index (κ2) is 30.6. The van der Waals surface area contributed by atoms with Crippen molar-refractivity contribution < 1.29 is 79.2 Å². The molecule has 18 N–H and O–H groups in total. The summed E-state index contributed by atoms with van der Waals surface area (Å²) in [5.74, 6) is -9.11. The monoisotopic (exact) mass is 1590 g/mol. The zero-order valence-corrected chi connectivity index (χ0v) is 61.6. The van der Waals surface area contributed by atoms with Gasteiger partial charge in [-0.15, -0.1) is 0 Å². The molecular weight excluding hydrogens is 1540 g/mol. The van der Waals surface area contributed by atoms with E-state index in [9.17, 15) is 79.2 Å². The number of fused-ring (bicyclic) bond motifs is 20. The number of rotatable bonds is 24. The van der Waals surface area contributed by atoms with E-state index < -0.39 is 47.8 Å². The van der Waals surface area contributed by atoms with Crippen molar-refractivity contribution in [3.05, 3.63) is 287 Å². The van der Waals surface area contributed by atoms with Gasteiger partial charge in [0.05, 0.1) is 90.0 Å². The van der Waals surface area contributed by atoms with Crippen LogP contribution < -0.4 is 42.5 Å². The number of carboxylic acids is 8. The smallest absolute Gasteiger partial charge is 0.335 e. The molecule has 0 aliphatic carbocycles. The van der Waals surface area contributed by atoms with E-state index in [4.69, 9.17) is 29.9 Å². The number of aromatic nitrogens is 8. The van der Waals surface area contributed by atoms with E-state index in [0.717, 1.165) is 0 Å². The maximum absolute atomic E-state index is 12.2. The Morgan fingerprint density at radius 1 is 0.192 bits per heavy atom. The summed E-state index contributed by atoms with van der Waals surface area (Å²) in [6, 6.07) is 62.1. The van der Waals surface area contributed by atoms with E-state index in [1.807, 2.05) is 0 Å². The molecule has 17 rings (SSSR count). The van der Waals surface area contributed by atoms with Crippen LogP contribution in [0.4, 0.5) is 91.0 Å². The third kappa shape index (κ3) is 15.2. The highest BCUT2D eigenvalue weighted by Gasteiger charge is 2.29. The van der Waals surface area contributed by atoms with Gasteiger partial charge in [-0.05, 0) is 243 Å². The third-order valence-electron chi connectivity index (χ3n) is 19.7. The van der Waals surface area contributed by atoms with Crippen molar-refractivity contribution >= 4 is 183 Å². The third-order valence-corrected chi connectivity index (χ3v) is 19.7. The van der Waals surface area contributed by atoms with Gasteiger partial charge in [-0.2, -0.15) is 0 Å². The Hall–Kier alpha value is -17.8. The number of hydrogen-bond acceptors (Lipinski definition) is 22. The summed E-state index contributed by atoms with van der Waals surface area (Å²) < 4.78 is 0. The van der Waals surface area contributed by atoms with E-state index in [1.54, 1.807) is 146 Å². The fourth-order valence-corrected chi connectivity index (χ4v) is 13.6. The first-order chi connectivity index (χ1) is 57.9. The van der Waals surface area contributed by atoms with Crippen LogP contribution in [-0.2, 0) is 0 Å². The van der Waals surface area contributed by atoms with E-state index >= 15 is 0 Å². The van der Waals surface area contributed by atoms with Gasteiger partial charge in [0, 0.05) is 89.3 Å². The molecule has 32 nitrogen and oxygen atoms in total. The Morgan fingerprint density at radius 2 is 0.325 bits per heavy atom. The molecule has 3 aromatic heterocycles. The molecule has 120 heavy (non-hydrogen) atoms. The molecule has 12 aromatic carbocycles. The van der Waals surface area contributed by atoms with Gasteiger partial charge in [-0.1, -0.05) is 0 Å².